The third kappa shape index (κ3) is 6.90. The molecular formula is C30H38N2O5. The highest BCUT2D eigenvalue weighted by atomic mass is 16.5. The molecule has 1 aliphatic carbocycles. The average molecular weight is 507 g/mol. The number of nitrogens with zero attached hydrogens (tertiary/aromatic N) is 2. The Hall–Kier alpha value is -3.35. The maximum Gasteiger partial charge on any atom is 0.331 e. The first kappa shape index (κ1) is 26.7. The van der Waals surface area contributed by atoms with Gasteiger partial charge in [0.25, 0.3) is 0 Å². The van der Waals surface area contributed by atoms with Gasteiger partial charge in [0.2, 0.25) is 11.8 Å². The second-order valence-electron chi connectivity index (χ2n) is 10.4. The smallest absolute Gasteiger partial charge is 0.331 e. The van der Waals surface area contributed by atoms with Crippen molar-refractivity contribution < 1.29 is 23.8 Å². The van der Waals surface area contributed by atoms with Crippen molar-refractivity contribution in [2.45, 2.75) is 78.2 Å². The highest BCUT2D eigenvalue weighted by molar-refractivity contribution is 5.92. The van der Waals surface area contributed by atoms with Crippen LogP contribution in [-0.4, -0.2) is 40.0 Å². The summed E-state index contributed by atoms with van der Waals surface area (Å²) in [6.07, 6.45) is 13.0. The lowest BCUT2D eigenvalue weighted by atomic mass is 9.91. The molecule has 0 saturated heterocycles. The number of aromatic nitrogens is 1. The molecule has 1 unspecified atom stereocenters. The monoisotopic (exact) mass is 506 g/mol. The topological polar surface area (TPSA) is 92.9 Å². The van der Waals surface area contributed by atoms with Crippen molar-refractivity contribution in [3.8, 4) is 5.75 Å². The number of hydrogen-bond donors (Lipinski definition) is 1. The fourth-order valence-corrected chi connectivity index (χ4v) is 5.05. The summed E-state index contributed by atoms with van der Waals surface area (Å²) in [5.41, 5.74) is 3.55. The van der Waals surface area contributed by atoms with Gasteiger partial charge in [-0.15, -0.1) is 0 Å². The lowest BCUT2D eigenvalue weighted by Crippen LogP contribution is -2.43. The summed E-state index contributed by atoms with van der Waals surface area (Å²) in [7, 11) is 0. The van der Waals surface area contributed by atoms with Crippen LogP contribution < -0.4 is 4.74 Å². The Morgan fingerprint density at radius 3 is 2.73 bits per heavy atom. The molecule has 7 heteroatoms. The Bertz CT molecular complexity index is 1170. The minimum Gasteiger partial charge on any atom is -0.493 e. The number of benzene rings is 1. The van der Waals surface area contributed by atoms with E-state index in [4.69, 9.17) is 9.15 Å². The van der Waals surface area contributed by atoms with Crippen molar-refractivity contribution in [1.29, 1.82) is 0 Å². The number of amides is 1. The zero-order valence-electron chi connectivity index (χ0n) is 22.2. The van der Waals surface area contributed by atoms with Gasteiger partial charge in [-0.05, 0) is 80.7 Å². The van der Waals surface area contributed by atoms with Crippen LogP contribution in [0.3, 0.4) is 0 Å². The number of rotatable bonds is 9. The molecule has 1 aliphatic heterocycles. The predicted molar refractivity (Wildman–Crippen MR) is 142 cm³/mol. The molecule has 2 aromatic rings. The van der Waals surface area contributed by atoms with Crippen LogP contribution in [0.25, 0.3) is 6.08 Å². The number of carbonyl (C=O) groups excluding carboxylic acids is 1. The van der Waals surface area contributed by atoms with Crippen LogP contribution >= 0.6 is 0 Å². The molecule has 37 heavy (non-hydrogen) atoms. The van der Waals surface area contributed by atoms with Crippen molar-refractivity contribution in [3.05, 3.63) is 64.4 Å². The number of aryl methyl sites for hydroxylation is 1. The summed E-state index contributed by atoms with van der Waals surface area (Å²) in [4.78, 5) is 31.4. The number of aliphatic carboxylic acids is 1. The van der Waals surface area contributed by atoms with Crippen LogP contribution in [-0.2, 0) is 22.4 Å². The predicted octanol–water partition coefficient (Wildman–Crippen LogP) is 6.06. The Balaban J connectivity index is 1.42. The molecule has 2 heterocycles. The SMILES string of the molecule is Cc1oc(/C=C/CC(C)C)nc1CCOc1ccc2c(c1)C(C(=O)O)N(C(=O)C=C1CCCCC1)CC2. The molecule has 0 radical (unpaired) electrons. The molecule has 0 bridgehead atoms. The lowest BCUT2D eigenvalue weighted by Gasteiger charge is -2.34. The number of ether oxygens (including phenoxy) is 1. The zero-order valence-corrected chi connectivity index (χ0v) is 22.2. The van der Waals surface area contributed by atoms with Crippen molar-refractivity contribution in [2.24, 2.45) is 5.92 Å². The fraction of sp³-hybridized carbons (Fsp3) is 0.500. The molecule has 4 rings (SSSR count). The highest BCUT2D eigenvalue weighted by Gasteiger charge is 2.35. The van der Waals surface area contributed by atoms with E-state index in [-0.39, 0.29) is 5.91 Å². The van der Waals surface area contributed by atoms with Crippen LogP contribution in [0.2, 0.25) is 0 Å². The van der Waals surface area contributed by atoms with Gasteiger partial charge in [-0.25, -0.2) is 9.78 Å². The van der Waals surface area contributed by atoms with Crippen molar-refractivity contribution in [3.63, 3.8) is 0 Å². The molecule has 1 atom stereocenters. The van der Waals surface area contributed by atoms with Gasteiger partial charge in [0.05, 0.1) is 12.3 Å². The van der Waals surface area contributed by atoms with E-state index in [9.17, 15) is 14.7 Å². The van der Waals surface area contributed by atoms with Crippen molar-refractivity contribution >= 4 is 18.0 Å². The molecule has 7 nitrogen and oxygen atoms in total. The molecule has 198 valence electrons. The number of fused-ring (bicyclic) bond motifs is 1. The van der Waals surface area contributed by atoms with E-state index in [1.165, 1.54) is 11.3 Å². The van der Waals surface area contributed by atoms with Crippen molar-refractivity contribution in [1.82, 2.24) is 9.88 Å². The molecular weight excluding hydrogens is 468 g/mol. The molecule has 1 aromatic carbocycles. The van der Waals surface area contributed by atoms with Gasteiger partial charge in [-0.3, -0.25) is 4.79 Å². The van der Waals surface area contributed by atoms with Gasteiger partial charge in [0.1, 0.15) is 11.5 Å². The summed E-state index contributed by atoms with van der Waals surface area (Å²) in [6, 6.07) is 4.55. The highest BCUT2D eigenvalue weighted by Crippen LogP contribution is 2.34. The number of carboxylic acids is 1. The second kappa shape index (κ2) is 12.3. The third-order valence-corrected chi connectivity index (χ3v) is 7.07. The first-order valence-corrected chi connectivity index (χ1v) is 13.4. The summed E-state index contributed by atoms with van der Waals surface area (Å²) < 4.78 is 11.7. The summed E-state index contributed by atoms with van der Waals surface area (Å²) in [5, 5.41) is 10.1. The zero-order chi connectivity index (χ0) is 26.4. The van der Waals surface area contributed by atoms with E-state index in [2.05, 4.69) is 24.9 Å². The molecule has 1 aromatic heterocycles. The van der Waals surface area contributed by atoms with E-state index in [0.29, 0.717) is 49.1 Å². The molecule has 1 N–H and O–H groups in total. The first-order chi connectivity index (χ1) is 17.8. The van der Waals surface area contributed by atoms with E-state index in [0.717, 1.165) is 54.7 Å². The Kier molecular flexibility index (Phi) is 8.85. The number of carboxylic acid groups (broad SMARTS) is 1. The van der Waals surface area contributed by atoms with E-state index in [1.807, 2.05) is 25.1 Å². The third-order valence-electron chi connectivity index (χ3n) is 7.07. The van der Waals surface area contributed by atoms with Gasteiger partial charge < -0.3 is 19.2 Å². The van der Waals surface area contributed by atoms with Crippen LogP contribution in [0.1, 0.15) is 86.9 Å². The standard InChI is InChI=1S/C30H38N2O5/c1-20(2)8-7-11-27-31-26(21(3)37-27)15-17-36-24-13-12-23-14-16-32(29(30(34)35)25(23)19-24)28(33)18-22-9-5-4-6-10-22/h7,11-13,18-20,29H,4-6,8-10,14-17H2,1-3H3,(H,34,35)/b11-7+. The molecule has 1 amide bonds. The minimum absolute atomic E-state index is 0.207. The molecule has 1 saturated carbocycles. The Morgan fingerprint density at radius 2 is 2.00 bits per heavy atom. The second-order valence-corrected chi connectivity index (χ2v) is 10.4. The summed E-state index contributed by atoms with van der Waals surface area (Å²) in [6.45, 7) is 7.00. The van der Waals surface area contributed by atoms with Gasteiger partial charge in [-0.1, -0.05) is 38.0 Å². The molecule has 1 fully saturated rings. The number of hydrogen-bond acceptors (Lipinski definition) is 5. The van der Waals surface area contributed by atoms with Gasteiger partial charge in [-0.2, -0.15) is 0 Å². The normalized spacial score (nSPS) is 17.8. The maximum atomic E-state index is 13.1. The van der Waals surface area contributed by atoms with Crippen LogP contribution in [0.15, 0.2) is 40.3 Å². The first-order valence-electron chi connectivity index (χ1n) is 13.4. The largest absolute Gasteiger partial charge is 0.493 e. The van der Waals surface area contributed by atoms with Crippen LogP contribution in [0.5, 0.6) is 5.75 Å². The maximum absolute atomic E-state index is 13.1. The van der Waals surface area contributed by atoms with Crippen LogP contribution in [0, 0.1) is 12.8 Å². The van der Waals surface area contributed by atoms with E-state index >= 15 is 0 Å². The minimum atomic E-state index is -1.02. The molecule has 0 spiro atoms. The van der Waals surface area contributed by atoms with Gasteiger partial charge in [0, 0.05) is 19.0 Å². The lowest BCUT2D eigenvalue weighted by molar-refractivity contribution is -0.149. The Morgan fingerprint density at radius 1 is 1.22 bits per heavy atom. The van der Waals surface area contributed by atoms with Crippen LogP contribution in [0.4, 0.5) is 0 Å². The van der Waals surface area contributed by atoms with Gasteiger partial charge in [0.15, 0.2) is 6.04 Å². The average Bonchev–Trinajstić information content (AvgIpc) is 3.22. The number of carbonyl (C=O) groups is 2. The van der Waals surface area contributed by atoms with Crippen molar-refractivity contribution in [2.75, 3.05) is 13.2 Å². The Labute approximate surface area is 219 Å². The van der Waals surface area contributed by atoms with Gasteiger partial charge >= 0.3 is 5.97 Å². The number of oxazole rings is 1. The van der Waals surface area contributed by atoms with E-state index in [1.54, 1.807) is 12.1 Å². The summed E-state index contributed by atoms with van der Waals surface area (Å²) in [5.74, 6) is 1.30. The summed E-state index contributed by atoms with van der Waals surface area (Å²) >= 11 is 0. The number of allylic oxidation sites excluding steroid dienone is 2. The fourth-order valence-electron chi connectivity index (χ4n) is 5.05. The van der Waals surface area contributed by atoms with E-state index < -0.39 is 12.0 Å². The quantitative estimate of drug-likeness (QED) is 0.415. The molecule has 2 aliphatic rings.